The van der Waals surface area contributed by atoms with Crippen LogP contribution in [0.5, 0.6) is 0 Å². The fourth-order valence-electron chi connectivity index (χ4n) is 1.83. The Morgan fingerprint density at radius 1 is 1.45 bits per heavy atom. The third-order valence-corrected chi connectivity index (χ3v) is 2.84. The predicted molar refractivity (Wildman–Crippen MR) is 68.4 cm³/mol. The van der Waals surface area contributed by atoms with E-state index in [0.717, 1.165) is 18.8 Å². The second-order valence-electron chi connectivity index (χ2n) is 4.55. The van der Waals surface area contributed by atoms with Gasteiger partial charge in [-0.1, -0.05) is 6.92 Å². The molecule has 116 valence electrons. The van der Waals surface area contributed by atoms with Crippen LogP contribution in [0.25, 0.3) is 0 Å². The number of likely N-dealkylation sites (N-methyl/N-ethyl adjacent to an activating group) is 1. The summed E-state index contributed by atoms with van der Waals surface area (Å²) in [5, 5.41) is 7.18. The van der Waals surface area contributed by atoms with E-state index in [1.165, 1.54) is 6.33 Å². The maximum absolute atomic E-state index is 11.9. The van der Waals surface area contributed by atoms with Crippen LogP contribution in [0.4, 0.5) is 13.2 Å². The largest absolute Gasteiger partial charge is 0.411 e. The summed E-state index contributed by atoms with van der Waals surface area (Å²) >= 11 is 0. The molecule has 8 heteroatoms. The highest BCUT2D eigenvalue weighted by Crippen LogP contribution is 2.14. The van der Waals surface area contributed by atoms with Gasteiger partial charge in [0.05, 0.1) is 0 Å². The van der Waals surface area contributed by atoms with Crippen molar-refractivity contribution in [3.63, 3.8) is 0 Å². The third kappa shape index (κ3) is 6.33. The zero-order valence-electron chi connectivity index (χ0n) is 11.8. The van der Waals surface area contributed by atoms with Crippen LogP contribution in [0.15, 0.2) is 6.33 Å². The van der Waals surface area contributed by atoms with Gasteiger partial charge in [-0.15, -0.1) is 0 Å². The molecule has 0 fully saturated rings. The first-order valence-electron chi connectivity index (χ1n) is 6.64. The van der Waals surface area contributed by atoms with Crippen molar-refractivity contribution in [1.82, 2.24) is 20.1 Å². The maximum Gasteiger partial charge on any atom is 0.411 e. The van der Waals surface area contributed by atoms with Crippen molar-refractivity contribution in [3.8, 4) is 0 Å². The minimum Gasteiger partial charge on any atom is -0.372 e. The molecule has 0 saturated heterocycles. The molecule has 1 heterocycles. The molecule has 0 amide bonds. The van der Waals surface area contributed by atoms with Gasteiger partial charge in [0.1, 0.15) is 18.8 Å². The van der Waals surface area contributed by atoms with Crippen LogP contribution in [0.3, 0.4) is 0 Å². The number of rotatable bonds is 9. The van der Waals surface area contributed by atoms with Gasteiger partial charge in [0.15, 0.2) is 0 Å². The van der Waals surface area contributed by atoms with E-state index in [4.69, 9.17) is 0 Å². The Morgan fingerprint density at radius 3 is 2.80 bits per heavy atom. The first-order valence-corrected chi connectivity index (χ1v) is 6.64. The number of hydrogen-bond acceptors (Lipinski definition) is 4. The van der Waals surface area contributed by atoms with Crippen LogP contribution in [0, 0.1) is 0 Å². The average molecular weight is 294 g/mol. The number of halogens is 3. The number of alkyl halides is 3. The molecule has 0 aromatic carbocycles. The van der Waals surface area contributed by atoms with E-state index in [0.29, 0.717) is 12.8 Å². The average Bonchev–Trinajstić information content (AvgIpc) is 2.80. The van der Waals surface area contributed by atoms with Gasteiger partial charge in [0, 0.05) is 25.6 Å². The Labute approximate surface area is 116 Å². The van der Waals surface area contributed by atoms with E-state index in [2.05, 4.69) is 20.1 Å². The van der Waals surface area contributed by atoms with E-state index in [1.54, 1.807) is 7.05 Å². The topological polar surface area (TPSA) is 52.0 Å². The molecule has 0 bridgehead atoms. The van der Waals surface area contributed by atoms with Crippen LogP contribution < -0.4 is 5.32 Å². The number of aromatic nitrogens is 3. The summed E-state index contributed by atoms with van der Waals surface area (Å²) in [7, 11) is 1.77. The van der Waals surface area contributed by atoms with Gasteiger partial charge < -0.3 is 10.1 Å². The van der Waals surface area contributed by atoms with Crippen molar-refractivity contribution in [2.45, 2.75) is 44.9 Å². The minimum absolute atomic E-state index is 0.0167. The highest BCUT2D eigenvalue weighted by molar-refractivity contribution is 4.89. The zero-order valence-corrected chi connectivity index (χ0v) is 11.8. The molecule has 1 N–H and O–H groups in total. The SMILES string of the molecule is CCCn1ncnc1CC(CCOCC(F)(F)F)NC. The van der Waals surface area contributed by atoms with Gasteiger partial charge in [-0.2, -0.15) is 18.3 Å². The number of aryl methyl sites for hydroxylation is 1. The summed E-state index contributed by atoms with van der Waals surface area (Å²) in [4.78, 5) is 4.18. The van der Waals surface area contributed by atoms with Crippen LogP contribution in [-0.2, 0) is 17.7 Å². The highest BCUT2D eigenvalue weighted by Gasteiger charge is 2.27. The van der Waals surface area contributed by atoms with Gasteiger partial charge in [-0.05, 0) is 19.9 Å². The van der Waals surface area contributed by atoms with Crippen LogP contribution in [0.1, 0.15) is 25.6 Å². The van der Waals surface area contributed by atoms with Crippen LogP contribution in [-0.4, -0.2) is 47.2 Å². The summed E-state index contributed by atoms with van der Waals surface area (Å²) in [6, 6.07) is 0.0167. The Hall–Kier alpha value is -1.15. The van der Waals surface area contributed by atoms with Crippen molar-refractivity contribution in [3.05, 3.63) is 12.2 Å². The normalized spacial score (nSPS) is 13.7. The van der Waals surface area contributed by atoms with E-state index in [9.17, 15) is 13.2 Å². The lowest BCUT2D eigenvalue weighted by Crippen LogP contribution is -2.31. The monoisotopic (exact) mass is 294 g/mol. The molecular formula is C12H21F3N4O. The van der Waals surface area contributed by atoms with E-state index in [-0.39, 0.29) is 12.6 Å². The third-order valence-electron chi connectivity index (χ3n) is 2.84. The van der Waals surface area contributed by atoms with E-state index < -0.39 is 12.8 Å². The van der Waals surface area contributed by atoms with E-state index >= 15 is 0 Å². The van der Waals surface area contributed by atoms with Crippen molar-refractivity contribution < 1.29 is 17.9 Å². The van der Waals surface area contributed by atoms with Gasteiger partial charge in [0.25, 0.3) is 0 Å². The summed E-state index contributed by atoms with van der Waals surface area (Å²) in [5.74, 6) is 0.835. The van der Waals surface area contributed by atoms with Crippen molar-refractivity contribution in [2.75, 3.05) is 20.3 Å². The quantitative estimate of drug-likeness (QED) is 0.706. The number of ether oxygens (including phenoxy) is 1. The molecule has 1 unspecified atom stereocenters. The van der Waals surface area contributed by atoms with Crippen molar-refractivity contribution in [1.29, 1.82) is 0 Å². The Morgan fingerprint density at radius 2 is 2.20 bits per heavy atom. The smallest absolute Gasteiger partial charge is 0.372 e. The summed E-state index contributed by atoms with van der Waals surface area (Å²) in [5.41, 5.74) is 0. The lowest BCUT2D eigenvalue weighted by molar-refractivity contribution is -0.174. The molecule has 1 atom stereocenters. The molecule has 1 aromatic rings. The number of hydrogen-bond donors (Lipinski definition) is 1. The molecular weight excluding hydrogens is 273 g/mol. The zero-order chi connectivity index (χ0) is 15.0. The second kappa shape index (κ2) is 8.21. The summed E-state index contributed by atoms with van der Waals surface area (Å²) in [6.45, 7) is 1.70. The lowest BCUT2D eigenvalue weighted by Gasteiger charge is -2.16. The van der Waals surface area contributed by atoms with Gasteiger partial charge >= 0.3 is 6.18 Å². The van der Waals surface area contributed by atoms with Crippen molar-refractivity contribution in [2.24, 2.45) is 0 Å². The molecule has 0 radical (unpaired) electrons. The fraction of sp³-hybridized carbons (Fsp3) is 0.833. The molecule has 1 rings (SSSR count). The first-order chi connectivity index (χ1) is 9.46. The summed E-state index contributed by atoms with van der Waals surface area (Å²) in [6.07, 6.45) is -0.707. The first kappa shape index (κ1) is 16.9. The predicted octanol–water partition coefficient (Wildman–Crippen LogP) is 1.79. The van der Waals surface area contributed by atoms with Crippen LogP contribution >= 0.6 is 0 Å². The highest BCUT2D eigenvalue weighted by atomic mass is 19.4. The van der Waals surface area contributed by atoms with E-state index in [1.807, 2.05) is 11.6 Å². The second-order valence-corrected chi connectivity index (χ2v) is 4.55. The molecule has 0 spiro atoms. The molecule has 0 saturated carbocycles. The molecule has 1 aromatic heterocycles. The van der Waals surface area contributed by atoms with Crippen LogP contribution in [0.2, 0.25) is 0 Å². The molecule has 0 aliphatic rings. The molecule has 5 nitrogen and oxygen atoms in total. The lowest BCUT2D eigenvalue weighted by atomic mass is 10.1. The number of nitrogens with one attached hydrogen (secondary N) is 1. The summed E-state index contributed by atoms with van der Waals surface area (Å²) < 4.78 is 42.3. The molecule has 20 heavy (non-hydrogen) atoms. The van der Waals surface area contributed by atoms with Gasteiger partial charge in [-0.3, -0.25) is 4.68 Å². The Bertz CT molecular complexity index is 381. The van der Waals surface area contributed by atoms with Crippen molar-refractivity contribution >= 4 is 0 Å². The standard InChI is InChI=1S/C12H21F3N4O/c1-3-5-19-11(17-9-18-19)7-10(16-2)4-6-20-8-12(13,14)15/h9-10,16H,3-8H2,1-2H3. The maximum atomic E-state index is 11.9. The fourth-order valence-corrected chi connectivity index (χ4v) is 1.83. The Balaban J connectivity index is 2.37. The van der Waals surface area contributed by atoms with Gasteiger partial charge in [0.2, 0.25) is 0 Å². The molecule has 0 aliphatic heterocycles. The number of nitrogens with zero attached hydrogens (tertiary/aromatic N) is 3. The minimum atomic E-state index is -4.27. The Kier molecular flexibility index (Phi) is 6.94. The molecule has 0 aliphatic carbocycles. The van der Waals surface area contributed by atoms with Gasteiger partial charge in [-0.25, -0.2) is 4.98 Å².